The van der Waals surface area contributed by atoms with Crippen molar-refractivity contribution in [3.8, 4) is 0 Å². The van der Waals surface area contributed by atoms with Crippen LogP contribution in [0.15, 0.2) is 0 Å². The molecule has 90 valence electrons. The molecule has 1 saturated carbocycles. The molecule has 2 fully saturated rings. The molecule has 0 spiro atoms. The van der Waals surface area contributed by atoms with E-state index < -0.39 is 0 Å². The summed E-state index contributed by atoms with van der Waals surface area (Å²) in [6.45, 7) is 5.34. The summed E-state index contributed by atoms with van der Waals surface area (Å²) in [5.74, 6) is 0.961. The Balaban J connectivity index is 1.80. The topological polar surface area (TPSA) is 49.4 Å². The average molecular weight is 224 g/mol. The van der Waals surface area contributed by atoms with Gasteiger partial charge in [-0.15, -0.1) is 0 Å². The first kappa shape index (κ1) is 11.4. The predicted octanol–water partition coefficient (Wildman–Crippen LogP) is 0.769. The summed E-state index contributed by atoms with van der Waals surface area (Å²) in [6.07, 6.45) is 2.99. The standard InChI is InChI=1S/C12H20N2O2/c1-8(2)12(16)13-10-5-11(15)14(7-10)6-9-3-4-9/h8-10H,3-7H2,1-2H3,(H,13,16)/t10-/m1/s1. The maximum absolute atomic E-state index is 11.7. The van der Waals surface area contributed by atoms with E-state index in [9.17, 15) is 9.59 Å². The molecular weight excluding hydrogens is 204 g/mol. The van der Waals surface area contributed by atoms with E-state index in [2.05, 4.69) is 5.32 Å². The maximum Gasteiger partial charge on any atom is 0.224 e. The number of nitrogens with one attached hydrogen (secondary N) is 1. The maximum atomic E-state index is 11.7. The van der Waals surface area contributed by atoms with Crippen LogP contribution in [0.3, 0.4) is 0 Å². The molecule has 1 N–H and O–H groups in total. The first-order valence-corrected chi connectivity index (χ1v) is 6.14. The lowest BCUT2D eigenvalue weighted by molar-refractivity contribution is -0.127. The van der Waals surface area contributed by atoms with E-state index >= 15 is 0 Å². The monoisotopic (exact) mass is 224 g/mol. The zero-order valence-electron chi connectivity index (χ0n) is 10.0. The van der Waals surface area contributed by atoms with Crippen molar-refractivity contribution in [3.05, 3.63) is 0 Å². The van der Waals surface area contributed by atoms with Crippen molar-refractivity contribution in [1.29, 1.82) is 0 Å². The van der Waals surface area contributed by atoms with Crippen molar-refractivity contribution >= 4 is 11.8 Å². The number of likely N-dealkylation sites (tertiary alicyclic amines) is 1. The van der Waals surface area contributed by atoms with Gasteiger partial charge in [0, 0.05) is 25.4 Å². The van der Waals surface area contributed by atoms with Gasteiger partial charge >= 0.3 is 0 Å². The van der Waals surface area contributed by atoms with Crippen molar-refractivity contribution in [1.82, 2.24) is 10.2 Å². The fraction of sp³-hybridized carbons (Fsp3) is 0.833. The van der Waals surface area contributed by atoms with Gasteiger partial charge in [0.15, 0.2) is 0 Å². The van der Waals surface area contributed by atoms with Crippen LogP contribution in [0.2, 0.25) is 0 Å². The number of nitrogens with zero attached hydrogens (tertiary/aromatic N) is 1. The van der Waals surface area contributed by atoms with Gasteiger partial charge in [0.2, 0.25) is 11.8 Å². The second kappa shape index (κ2) is 4.44. The van der Waals surface area contributed by atoms with Crippen LogP contribution < -0.4 is 5.32 Å². The molecule has 16 heavy (non-hydrogen) atoms. The molecule has 2 amide bonds. The minimum atomic E-state index is -0.00687. The smallest absolute Gasteiger partial charge is 0.224 e. The van der Waals surface area contributed by atoms with Crippen molar-refractivity contribution in [2.24, 2.45) is 11.8 Å². The fourth-order valence-corrected chi connectivity index (χ4v) is 2.03. The molecule has 1 atom stereocenters. The molecule has 1 aliphatic heterocycles. The second-order valence-corrected chi connectivity index (χ2v) is 5.31. The number of hydrogen-bond donors (Lipinski definition) is 1. The van der Waals surface area contributed by atoms with Crippen LogP contribution in [0.4, 0.5) is 0 Å². The van der Waals surface area contributed by atoms with E-state index in [1.807, 2.05) is 18.7 Å². The van der Waals surface area contributed by atoms with Crippen LogP contribution in [-0.2, 0) is 9.59 Å². The third-order valence-corrected chi connectivity index (χ3v) is 3.26. The molecular formula is C12H20N2O2. The summed E-state index contributed by atoms with van der Waals surface area (Å²) in [5, 5.41) is 2.93. The van der Waals surface area contributed by atoms with E-state index in [0.29, 0.717) is 13.0 Å². The highest BCUT2D eigenvalue weighted by molar-refractivity contribution is 5.82. The Kier molecular flexibility index (Phi) is 3.17. The van der Waals surface area contributed by atoms with Gasteiger partial charge in [-0.2, -0.15) is 0 Å². The molecule has 4 heteroatoms. The van der Waals surface area contributed by atoms with Gasteiger partial charge in [-0.3, -0.25) is 9.59 Å². The minimum Gasteiger partial charge on any atom is -0.351 e. The van der Waals surface area contributed by atoms with Crippen LogP contribution in [0, 0.1) is 11.8 Å². The predicted molar refractivity (Wildman–Crippen MR) is 60.7 cm³/mol. The van der Waals surface area contributed by atoms with E-state index in [0.717, 1.165) is 12.5 Å². The molecule has 2 aliphatic rings. The lowest BCUT2D eigenvalue weighted by atomic mass is 10.2. The van der Waals surface area contributed by atoms with E-state index in [-0.39, 0.29) is 23.8 Å². The minimum absolute atomic E-state index is 0.00687. The number of amides is 2. The summed E-state index contributed by atoms with van der Waals surface area (Å²) in [5.41, 5.74) is 0. The van der Waals surface area contributed by atoms with Gasteiger partial charge in [0.05, 0.1) is 6.04 Å². The largest absolute Gasteiger partial charge is 0.351 e. The third kappa shape index (κ3) is 2.74. The quantitative estimate of drug-likeness (QED) is 0.766. The van der Waals surface area contributed by atoms with Crippen LogP contribution in [0.5, 0.6) is 0 Å². The lowest BCUT2D eigenvalue weighted by Gasteiger charge is -2.17. The Labute approximate surface area is 96.4 Å². The van der Waals surface area contributed by atoms with Crippen LogP contribution >= 0.6 is 0 Å². The summed E-state index contributed by atoms with van der Waals surface area (Å²) in [6, 6.07) is 0.0288. The number of carbonyl (C=O) groups is 2. The molecule has 1 saturated heterocycles. The van der Waals surface area contributed by atoms with E-state index in [1.165, 1.54) is 12.8 Å². The van der Waals surface area contributed by atoms with Crippen LogP contribution in [0.25, 0.3) is 0 Å². The fourth-order valence-electron chi connectivity index (χ4n) is 2.03. The van der Waals surface area contributed by atoms with Crippen LogP contribution in [-0.4, -0.2) is 35.8 Å². The van der Waals surface area contributed by atoms with Crippen molar-refractivity contribution in [3.63, 3.8) is 0 Å². The number of hydrogen-bond acceptors (Lipinski definition) is 2. The highest BCUT2D eigenvalue weighted by Gasteiger charge is 2.34. The molecule has 0 unspecified atom stereocenters. The molecule has 4 nitrogen and oxygen atoms in total. The molecule has 0 aromatic rings. The zero-order valence-corrected chi connectivity index (χ0v) is 10.0. The Morgan fingerprint density at radius 2 is 2.19 bits per heavy atom. The normalized spacial score (nSPS) is 25.3. The van der Waals surface area contributed by atoms with Gasteiger partial charge in [0.25, 0.3) is 0 Å². The Morgan fingerprint density at radius 3 is 2.75 bits per heavy atom. The highest BCUT2D eigenvalue weighted by atomic mass is 16.2. The summed E-state index contributed by atoms with van der Waals surface area (Å²) < 4.78 is 0. The molecule has 2 rings (SSSR count). The molecule has 1 aliphatic carbocycles. The third-order valence-electron chi connectivity index (χ3n) is 3.26. The number of rotatable bonds is 4. The van der Waals surface area contributed by atoms with Crippen molar-refractivity contribution < 1.29 is 9.59 Å². The highest BCUT2D eigenvalue weighted by Crippen LogP contribution is 2.31. The Hall–Kier alpha value is -1.06. The van der Waals surface area contributed by atoms with Gasteiger partial charge < -0.3 is 10.2 Å². The zero-order chi connectivity index (χ0) is 11.7. The Morgan fingerprint density at radius 1 is 1.50 bits per heavy atom. The van der Waals surface area contributed by atoms with Gasteiger partial charge in [-0.05, 0) is 18.8 Å². The summed E-state index contributed by atoms with van der Waals surface area (Å²) in [4.78, 5) is 25.1. The lowest BCUT2D eigenvalue weighted by Crippen LogP contribution is -2.39. The van der Waals surface area contributed by atoms with Crippen molar-refractivity contribution in [2.75, 3.05) is 13.1 Å². The molecule has 0 aromatic carbocycles. The molecule has 0 aromatic heterocycles. The molecule has 0 bridgehead atoms. The molecule has 0 radical (unpaired) electrons. The first-order chi connectivity index (χ1) is 7.56. The van der Waals surface area contributed by atoms with E-state index in [4.69, 9.17) is 0 Å². The Bertz CT molecular complexity index is 297. The summed E-state index contributed by atoms with van der Waals surface area (Å²) >= 11 is 0. The van der Waals surface area contributed by atoms with Gasteiger partial charge in [0.1, 0.15) is 0 Å². The summed E-state index contributed by atoms with van der Waals surface area (Å²) in [7, 11) is 0. The second-order valence-electron chi connectivity index (χ2n) is 5.31. The average Bonchev–Trinajstić information content (AvgIpc) is 2.93. The van der Waals surface area contributed by atoms with Crippen LogP contribution in [0.1, 0.15) is 33.1 Å². The number of carbonyl (C=O) groups excluding carboxylic acids is 2. The molecule has 1 heterocycles. The van der Waals surface area contributed by atoms with E-state index in [1.54, 1.807) is 0 Å². The van der Waals surface area contributed by atoms with Gasteiger partial charge in [-0.1, -0.05) is 13.8 Å². The first-order valence-electron chi connectivity index (χ1n) is 6.14. The van der Waals surface area contributed by atoms with Crippen molar-refractivity contribution in [2.45, 2.75) is 39.2 Å². The van der Waals surface area contributed by atoms with Gasteiger partial charge in [-0.25, -0.2) is 0 Å². The SMILES string of the molecule is CC(C)C(=O)N[C@@H]1CC(=O)N(CC2CC2)C1.